The van der Waals surface area contributed by atoms with E-state index in [-0.39, 0.29) is 5.75 Å². The van der Waals surface area contributed by atoms with Crippen LogP contribution in [0.4, 0.5) is 22.0 Å². The van der Waals surface area contributed by atoms with E-state index in [4.69, 9.17) is 0 Å². The van der Waals surface area contributed by atoms with Gasteiger partial charge in [-0.05, 0) is 24.6 Å². The molecule has 0 amide bonds. The van der Waals surface area contributed by atoms with Crippen LogP contribution in [0.5, 0.6) is 11.5 Å². The Hall–Kier alpha value is -1.53. The van der Waals surface area contributed by atoms with E-state index in [9.17, 15) is 22.0 Å². The summed E-state index contributed by atoms with van der Waals surface area (Å²) < 4.78 is 66.8. The molecule has 0 N–H and O–H groups in total. The molecule has 1 rings (SSSR count). The minimum absolute atomic E-state index is 0.317. The first kappa shape index (κ1) is 12.5. The fourth-order valence-corrected chi connectivity index (χ4v) is 1.08. The van der Waals surface area contributed by atoms with Gasteiger partial charge in [-0.25, -0.2) is 0 Å². The lowest BCUT2D eigenvalue weighted by atomic mass is 10.2. The highest BCUT2D eigenvalue weighted by molar-refractivity contribution is 5.37. The first-order valence-corrected chi connectivity index (χ1v) is 4.08. The molecule has 0 unspecified atom stereocenters. The maximum absolute atomic E-state index is 11.9. The van der Waals surface area contributed by atoms with Crippen LogP contribution in [0.1, 0.15) is 5.56 Å². The molecular formula is C9H7F5O2. The molecule has 90 valence electrons. The zero-order valence-corrected chi connectivity index (χ0v) is 8.02. The van der Waals surface area contributed by atoms with Gasteiger partial charge >= 0.3 is 13.0 Å². The third-order valence-corrected chi connectivity index (χ3v) is 1.48. The van der Waals surface area contributed by atoms with E-state index in [1.807, 2.05) is 0 Å². The molecule has 2 nitrogen and oxygen atoms in total. The highest BCUT2D eigenvalue weighted by Gasteiger charge is 2.31. The molecule has 0 heterocycles. The van der Waals surface area contributed by atoms with Crippen molar-refractivity contribution in [2.75, 3.05) is 0 Å². The molecule has 1 aromatic rings. The van der Waals surface area contributed by atoms with E-state index in [2.05, 4.69) is 9.47 Å². The van der Waals surface area contributed by atoms with Crippen LogP contribution in [0.25, 0.3) is 0 Å². The average molecular weight is 242 g/mol. The van der Waals surface area contributed by atoms with Gasteiger partial charge in [0.15, 0.2) is 0 Å². The van der Waals surface area contributed by atoms with E-state index in [0.717, 1.165) is 12.1 Å². The van der Waals surface area contributed by atoms with Crippen LogP contribution in [0.3, 0.4) is 0 Å². The van der Waals surface area contributed by atoms with Gasteiger partial charge in [0.25, 0.3) is 0 Å². The predicted molar refractivity (Wildman–Crippen MR) is 44.5 cm³/mol. The number of hydrogen-bond donors (Lipinski definition) is 0. The Morgan fingerprint density at radius 1 is 1.06 bits per heavy atom. The number of benzene rings is 1. The summed E-state index contributed by atoms with van der Waals surface area (Å²) in [5, 5.41) is 0. The van der Waals surface area contributed by atoms with Crippen molar-refractivity contribution in [1.82, 2.24) is 0 Å². The monoisotopic (exact) mass is 242 g/mol. The maximum Gasteiger partial charge on any atom is 0.573 e. The number of ether oxygens (including phenoxy) is 2. The molecule has 16 heavy (non-hydrogen) atoms. The van der Waals surface area contributed by atoms with Gasteiger partial charge in [0.05, 0.1) is 0 Å². The highest BCUT2D eigenvalue weighted by Crippen LogP contribution is 2.28. The van der Waals surface area contributed by atoms with E-state index in [0.29, 0.717) is 5.56 Å². The van der Waals surface area contributed by atoms with Crippen LogP contribution < -0.4 is 9.47 Å². The number of alkyl halides is 5. The minimum Gasteiger partial charge on any atom is -0.435 e. The molecule has 0 aliphatic rings. The Morgan fingerprint density at radius 2 is 1.62 bits per heavy atom. The van der Waals surface area contributed by atoms with Gasteiger partial charge in [0.2, 0.25) is 0 Å². The molecule has 7 heteroatoms. The molecule has 0 saturated heterocycles. The number of aryl methyl sites for hydroxylation is 1. The smallest absolute Gasteiger partial charge is 0.435 e. The molecule has 0 saturated carbocycles. The van der Waals surface area contributed by atoms with Crippen molar-refractivity contribution >= 4 is 0 Å². The van der Waals surface area contributed by atoms with Gasteiger partial charge in [-0.3, -0.25) is 0 Å². The summed E-state index contributed by atoms with van der Waals surface area (Å²) in [6, 6.07) is 2.98. The summed E-state index contributed by atoms with van der Waals surface area (Å²) in [5.41, 5.74) is 0.317. The van der Waals surface area contributed by atoms with Gasteiger partial charge in [0, 0.05) is 6.07 Å². The minimum atomic E-state index is -4.87. The van der Waals surface area contributed by atoms with Crippen molar-refractivity contribution in [3.63, 3.8) is 0 Å². The van der Waals surface area contributed by atoms with Crippen LogP contribution in [-0.2, 0) is 0 Å². The molecule has 0 aliphatic heterocycles. The number of halogens is 5. The molecule has 0 radical (unpaired) electrons. The highest BCUT2D eigenvalue weighted by atomic mass is 19.4. The zero-order chi connectivity index (χ0) is 12.3. The molecule has 0 aromatic heterocycles. The Balaban J connectivity index is 2.90. The summed E-state index contributed by atoms with van der Waals surface area (Å²) in [7, 11) is 0. The van der Waals surface area contributed by atoms with Gasteiger partial charge in [-0.15, -0.1) is 13.2 Å². The topological polar surface area (TPSA) is 18.5 Å². The van der Waals surface area contributed by atoms with Crippen molar-refractivity contribution in [2.24, 2.45) is 0 Å². The van der Waals surface area contributed by atoms with Crippen LogP contribution >= 0.6 is 0 Å². The fourth-order valence-electron chi connectivity index (χ4n) is 1.08. The standard InChI is InChI=1S/C9H7F5O2/c1-5-2-6(15-8(10)11)4-7(3-5)16-9(12,13)14/h2-4,8H,1H3. The Labute approximate surface area is 87.6 Å². The Kier molecular flexibility index (Phi) is 3.56. The van der Waals surface area contributed by atoms with Crippen LogP contribution in [-0.4, -0.2) is 13.0 Å². The second-order valence-corrected chi connectivity index (χ2v) is 2.91. The first-order valence-electron chi connectivity index (χ1n) is 4.08. The van der Waals surface area contributed by atoms with Gasteiger partial charge in [0.1, 0.15) is 11.5 Å². The van der Waals surface area contributed by atoms with Crippen molar-refractivity contribution in [1.29, 1.82) is 0 Å². The fraction of sp³-hybridized carbons (Fsp3) is 0.333. The quantitative estimate of drug-likeness (QED) is 0.755. The van der Waals surface area contributed by atoms with Gasteiger partial charge < -0.3 is 9.47 Å². The zero-order valence-electron chi connectivity index (χ0n) is 8.02. The summed E-state index contributed by atoms with van der Waals surface area (Å²) in [4.78, 5) is 0. The lowest BCUT2D eigenvalue weighted by Gasteiger charge is -2.11. The molecule has 0 spiro atoms. The molecule has 0 aliphatic carbocycles. The van der Waals surface area contributed by atoms with Crippen LogP contribution in [0.2, 0.25) is 0 Å². The van der Waals surface area contributed by atoms with E-state index < -0.39 is 18.7 Å². The molecular weight excluding hydrogens is 235 g/mol. The molecule has 0 bridgehead atoms. The van der Waals surface area contributed by atoms with E-state index in [1.54, 1.807) is 0 Å². The van der Waals surface area contributed by atoms with Crippen molar-refractivity contribution < 1.29 is 31.4 Å². The van der Waals surface area contributed by atoms with Crippen molar-refractivity contribution in [3.05, 3.63) is 23.8 Å². The number of rotatable bonds is 3. The first-order chi connectivity index (χ1) is 7.26. The molecule has 1 aromatic carbocycles. The van der Waals surface area contributed by atoms with Crippen molar-refractivity contribution in [2.45, 2.75) is 19.9 Å². The summed E-state index contributed by atoms with van der Waals surface area (Å²) in [5.74, 6) is -0.975. The van der Waals surface area contributed by atoms with E-state index in [1.165, 1.54) is 13.0 Å². The van der Waals surface area contributed by atoms with Crippen LogP contribution in [0.15, 0.2) is 18.2 Å². The second-order valence-electron chi connectivity index (χ2n) is 2.91. The van der Waals surface area contributed by atoms with Gasteiger partial charge in [-0.1, -0.05) is 0 Å². The summed E-state index contributed by atoms with van der Waals surface area (Å²) in [6.45, 7) is -1.66. The normalized spacial score (nSPS) is 11.7. The van der Waals surface area contributed by atoms with Gasteiger partial charge in [-0.2, -0.15) is 8.78 Å². The molecule has 0 fully saturated rings. The molecule has 0 atom stereocenters. The summed E-state index contributed by atoms with van der Waals surface area (Å²) >= 11 is 0. The third-order valence-electron chi connectivity index (χ3n) is 1.48. The largest absolute Gasteiger partial charge is 0.573 e. The average Bonchev–Trinajstić information content (AvgIpc) is 1.96. The lowest BCUT2D eigenvalue weighted by Crippen LogP contribution is -2.17. The second kappa shape index (κ2) is 4.54. The number of hydrogen-bond acceptors (Lipinski definition) is 2. The third kappa shape index (κ3) is 4.33. The van der Waals surface area contributed by atoms with Crippen LogP contribution in [0, 0.1) is 6.92 Å². The lowest BCUT2D eigenvalue weighted by molar-refractivity contribution is -0.274. The predicted octanol–water partition coefficient (Wildman–Crippen LogP) is 3.50. The summed E-state index contributed by atoms with van der Waals surface area (Å²) in [6.07, 6.45) is -4.87. The van der Waals surface area contributed by atoms with E-state index >= 15 is 0 Å². The Morgan fingerprint density at radius 3 is 2.12 bits per heavy atom. The SMILES string of the molecule is Cc1cc(OC(F)F)cc(OC(F)(F)F)c1. The van der Waals surface area contributed by atoms with Crippen molar-refractivity contribution in [3.8, 4) is 11.5 Å². The Bertz CT molecular complexity index is 361. The maximum atomic E-state index is 11.9.